The molecule has 0 aliphatic carbocycles. The highest BCUT2D eigenvalue weighted by Crippen LogP contribution is 2.27. The first-order valence-electron chi connectivity index (χ1n) is 3.27. The van der Waals surface area contributed by atoms with Crippen LogP contribution in [-0.4, -0.2) is 19.6 Å². The molecule has 1 rings (SSSR count). The van der Waals surface area contributed by atoms with E-state index < -0.39 is 21.4 Å². The van der Waals surface area contributed by atoms with Gasteiger partial charge in [-0.05, 0) is 11.8 Å². The third-order valence-electron chi connectivity index (χ3n) is 1.64. The van der Waals surface area contributed by atoms with Gasteiger partial charge in [0.1, 0.15) is 5.69 Å². The van der Waals surface area contributed by atoms with Gasteiger partial charge in [-0.2, -0.15) is 4.68 Å². The third kappa shape index (κ3) is 1.33. The van der Waals surface area contributed by atoms with E-state index in [0.29, 0.717) is 0 Å². The van der Waals surface area contributed by atoms with Gasteiger partial charge in [-0.3, -0.25) is 10.1 Å². The number of aryl methyl sites for hydroxylation is 1. The van der Waals surface area contributed by atoms with Gasteiger partial charge in [0, 0.05) is 0 Å². The second-order valence-corrected chi connectivity index (χ2v) is 2.40. The van der Waals surface area contributed by atoms with Gasteiger partial charge < -0.3 is 10.1 Å². The summed E-state index contributed by atoms with van der Waals surface area (Å²) < 4.78 is 1.11. The number of hydrogen-bond donors (Lipinski definition) is 0. The lowest BCUT2D eigenvalue weighted by Crippen LogP contribution is -1.95. The number of hydrogen-bond acceptors (Lipinski definition) is 5. The van der Waals surface area contributed by atoms with E-state index in [-0.39, 0.29) is 5.69 Å². The number of nitro groups is 2. The van der Waals surface area contributed by atoms with Crippen molar-refractivity contribution in [2.24, 2.45) is 7.05 Å². The van der Waals surface area contributed by atoms with Gasteiger partial charge >= 0.3 is 11.5 Å². The van der Waals surface area contributed by atoms with E-state index in [9.17, 15) is 20.2 Å². The summed E-state index contributed by atoms with van der Waals surface area (Å²) in [6.45, 7) is 1.40. The van der Waals surface area contributed by atoms with Gasteiger partial charge in [-0.15, -0.1) is 0 Å². The fourth-order valence-corrected chi connectivity index (χ4v) is 0.916. The zero-order chi connectivity index (χ0) is 10.2. The highest BCUT2D eigenvalue weighted by atomic mass is 16.6. The molecule has 0 bridgehead atoms. The van der Waals surface area contributed by atoms with Crippen LogP contribution in [0.2, 0.25) is 0 Å². The Labute approximate surface area is 72.1 Å². The summed E-state index contributed by atoms with van der Waals surface area (Å²) in [4.78, 5) is 19.1. The molecule has 0 aliphatic rings. The average Bonchev–Trinajstić information content (AvgIpc) is 2.28. The van der Waals surface area contributed by atoms with E-state index in [0.717, 1.165) is 4.68 Å². The molecule has 8 heteroatoms. The van der Waals surface area contributed by atoms with Gasteiger partial charge in [0.15, 0.2) is 0 Å². The lowest BCUT2D eigenvalue weighted by atomic mass is 10.4. The van der Waals surface area contributed by atoms with Crippen LogP contribution in [0.4, 0.5) is 11.5 Å². The van der Waals surface area contributed by atoms with E-state index in [1.165, 1.54) is 14.0 Å². The summed E-state index contributed by atoms with van der Waals surface area (Å²) in [5, 5.41) is 24.1. The lowest BCUT2D eigenvalue weighted by Gasteiger charge is -1.87. The molecule has 0 amide bonds. The van der Waals surface area contributed by atoms with Crippen LogP contribution in [0.3, 0.4) is 0 Å². The zero-order valence-electron chi connectivity index (χ0n) is 6.92. The highest BCUT2D eigenvalue weighted by Gasteiger charge is 2.33. The van der Waals surface area contributed by atoms with Crippen LogP contribution >= 0.6 is 0 Å². The van der Waals surface area contributed by atoms with Crippen molar-refractivity contribution in [2.75, 3.05) is 0 Å². The van der Waals surface area contributed by atoms with Gasteiger partial charge in [0.05, 0.1) is 17.1 Å². The molecule has 1 aromatic heterocycles. The van der Waals surface area contributed by atoms with Crippen molar-refractivity contribution < 1.29 is 9.85 Å². The molecule has 0 N–H and O–H groups in total. The Morgan fingerprint density at radius 2 is 1.85 bits per heavy atom. The molecule has 0 saturated carbocycles. The molecule has 1 aromatic rings. The standard InChI is InChI=1S/C5H6N4O4/c1-3-4(8(10)11)5(9(12)13)6-7(3)2/h1-2H3. The molecular weight excluding hydrogens is 180 g/mol. The number of rotatable bonds is 2. The predicted molar refractivity (Wildman–Crippen MR) is 41.3 cm³/mol. The maximum absolute atomic E-state index is 10.4. The van der Waals surface area contributed by atoms with Crippen LogP contribution in [0.25, 0.3) is 0 Å². The second-order valence-electron chi connectivity index (χ2n) is 2.40. The Bertz CT molecular complexity index is 382. The molecule has 1 heterocycles. The fraction of sp³-hybridized carbons (Fsp3) is 0.400. The zero-order valence-corrected chi connectivity index (χ0v) is 6.92. The molecule has 0 spiro atoms. The molecular formula is C5H6N4O4. The summed E-state index contributed by atoms with van der Waals surface area (Å²) in [6.07, 6.45) is 0. The Morgan fingerprint density at radius 3 is 2.15 bits per heavy atom. The lowest BCUT2D eigenvalue weighted by molar-refractivity contribution is -0.424. The highest BCUT2D eigenvalue weighted by molar-refractivity contribution is 5.50. The number of aromatic nitrogens is 2. The maximum Gasteiger partial charge on any atom is 0.467 e. The third-order valence-corrected chi connectivity index (χ3v) is 1.64. The van der Waals surface area contributed by atoms with Gasteiger partial charge in [-0.25, -0.2) is 0 Å². The first-order chi connectivity index (χ1) is 5.95. The van der Waals surface area contributed by atoms with Crippen molar-refractivity contribution >= 4 is 11.5 Å². The molecule has 8 nitrogen and oxygen atoms in total. The Hall–Kier alpha value is -1.99. The van der Waals surface area contributed by atoms with E-state index in [2.05, 4.69) is 5.10 Å². The minimum absolute atomic E-state index is 0.164. The smallest absolute Gasteiger partial charge is 0.358 e. The minimum Gasteiger partial charge on any atom is -0.358 e. The van der Waals surface area contributed by atoms with Crippen molar-refractivity contribution in [1.29, 1.82) is 0 Å². The minimum atomic E-state index is -0.870. The molecule has 0 atom stereocenters. The summed E-state index contributed by atoms with van der Waals surface area (Å²) in [5.41, 5.74) is -0.385. The predicted octanol–water partition coefficient (Wildman–Crippen LogP) is 0.545. The van der Waals surface area contributed by atoms with E-state index >= 15 is 0 Å². The van der Waals surface area contributed by atoms with E-state index in [4.69, 9.17) is 0 Å². The largest absolute Gasteiger partial charge is 0.467 e. The van der Waals surface area contributed by atoms with Crippen LogP contribution in [0, 0.1) is 27.2 Å². The molecule has 0 saturated heterocycles. The van der Waals surface area contributed by atoms with Crippen LogP contribution in [0.15, 0.2) is 0 Å². The first kappa shape index (κ1) is 9.10. The average molecular weight is 186 g/mol. The normalized spacial score (nSPS) is 10.0. The summed E-state index contributed by atoms with van der Waals surface area (Å²) in [7, 11) is 1.41. The monoisotopic (exact) mass is 186 g/mol. The second kappa shape index (κ2) is 2.81. The molecule has 0 radical (unpaired) electrons. The topological polar surface area (TPSA) is 104 Å². The quantitative estimate of drug-likeness (QED) is 0.495. The molecule has 0 aliphatic heterocycles. The van der Waals surface area contributed by atoms with Crippen molar-refractivity contribution in [3.63, 3.8) is 0 Å². The summed E-state index contributed by atoms with van der Waals surface area (Å²) >= 11 is 0. The van der Waals surface area contributed by atoms with Gasteiger partial charge in [0.2, 0.25) is 0 Å². The van der Waals surface area contributed by atoms with Gasteiger partial charge in [-0.1, -0.05) is 0 Å². The summed E-state index contributed by atoms with van der Waals surface area (Å²) in [5.74, 6) is -0.718. The SMILES string of the molecule is Cc1c([N+](=O)[O-])c([N+](=O)[O-])nn1C. The van der Waals surface area contributed by atoms with Crippen LogP contribution in [0.5, 0.6) is 0 Å². The van der Waals surface area contributed by atoms with Crippen molar-refractivity contribution in [3.05, 3.63) is 25.9 Å². The Balaban J connectivity index is 3.44. The molecule has 0 fully saturated rings. The Morgan fingerprint density at radius 1 is 1.31 bits per heavy atom. The number of nitrogens with zero attached hydrogens (tertiary/aromatic N) is 4. The molecule has 0 unspecified atom stereocenters. The molecule has 0 aromatic carbocycles. The van der Waals surface area contributed by atoms with E-state index in [1.54, 1.807) is 0 Å². The Kier molecular flexibility index (Phi) is 1.97. The first-order valence-corrected chi connectivity index (χ1v) is 3.27. The van der Waals surface area contributed by atoms with Gasteiger partial charge in [0.25, 0.3) is 0 Å². The van der Waals surface area contributed by atoms with Crippen LogP contribution in [-0.2, 0) is 7.05 Å². The van der Waals surface area contributed by atoms with Crippen molar-refractivity contribution in [1.82, 2.24) is 9.78 Å². The summed E-state index contributed by atoms with van der Waals surface area (Å²) in [6, 6.07) is 0. The van der Waals surface area contributed by atoms with E-state index in [1.807, 2.05) is 0 Å². The van der Waals surface area contributed by atoms with Crippen molar-refractivity contribution in [2.45, 2.75) is 6.92 Å². The van der Waals surface area contributed by atoms with Crippen molar-refractivity contribution in [3.8, 4) is 0 Å². The maximum atomic E-state index is 10.4. The van der Waals surface area contributed by atoms with Crippen LogP contribution in [0.1, 0.15) is 5.69 Å². The van der Waals surface area contributed by atoms with Crippen LogP contribution < -0.4 is 0 Å². The fourth-order valence-electron chi connectivity index (χ4n) is 0.916. The molecule has 70 valence electrons. The molecule has 13 heavy (non-hydrogen) atoms.